The van der Waals surface area contributed by atoms with Crippen molar-refractivity contribution in [2.45, 2.75) is 0 Å². The number of hydrogen-bond donors (Lipinski definition) is 2. The van der Waals surface area contributed by atoms with E-state index in [1.807, 2.05) is 6.08 Å². The minimum Gasteiger partial charge on any atom is -0.339 e. The second kappa shape index (κ2) is 6.60. The van der Waals surface area contributed by atoms with Crippen LogP contribution in [0.4, 0.5) is 0 Å². The Labute approximate surface area is 105 Å². The summed E-state index contributed by atoms with van der Waals surface area (Å²) in [7, 11) is 1.70. The van der Waals surface area contributed by atoms with Gasteiger partial charge in [-0.3, -0.25) is 10.4 Å². The average Bonchev–Trinajstić information content (AvgIpc) is 2.75. The molecule has 0 atom stereocenters. The van der Waals surface area contributed by atoms with Gasteiger partial charge in [0, 0.05) is 13.3 Å². The second-order valence-corrected chi connectivity index (χ2v) is 3.56. The van der Waals surface area contributed by atoms with E-state index in [0.717, 1.165) is 11.3 Å². The molecule has 1 heterocycles. The molecule has 0 amide bonds. The Bertz CT molecular complexity index is 494. The lowest BCUT2D eigenvalue weighted by Gasteiger charge is -1.92. The number of hydrogen-bond acceptors (Lipinski definition) is 3. The van der Waals surface area contributed by atoms with Crippen LogP contribution in [0, 0.1) is 5.41 Å². The molecule has 0 aliphatic rings. The first-order valence-corrected chi connectivity index (χ1v) is 5.26. The van der Waals surface area contributed by atoms with Crippen LogP contribution in [0.3, 0.4) is 0 Å². The van der Waals surface area contributed by atoms with E-state index in [-0.39, 0.29) is 5.17 Å². The van der Waals surface area contributed by atoms with Gasteiger partial charge in [0.05, 0.1) is 11.9 Å². The van der Waals surface area contributed by atoms with E-state index in [2.05, 4.69) is 21.5 Å². The molecule has 0 aromatic carbocycles. The number of nitrogens with one attached hydrogen (secondary N) is 2. The Morgan fingerprint density at radius 3 is 3.00 bits per heavy atom. The Morgan fingerprint density at radius 1 is 1.59 bits per heavy atom. The van der Waals surface area contributed by atoms with Crippen LogP contribution in [-0.2, 0) is 0 Å². The van der Waals surface area contributed by atoms with Crippen molar-refractivity contribution in [3.63, 3.8) is 0 Å². The van der Waals surface area contributed by atoms with Gasteiger partial charge in [0.2, 0.25) is 0 Å². The molecule has 17 heavy (non-hydrogen) atoms. The van der Waals surface area contributed by atoms with E-state index in [1.54, 1.807) is 31.6 Å². The number of allylic oxidation sites excluding steroid dienone is 4. The zero-order valence-corrected chi connectivity index (χ0v) is 10.2. The van der Waals surface area contributed by atoms with Crippen molar-refractivity contribution in [3.05, 3.63) is 42.5 Å². The zero-order valence-electron chi connectivity index (χ0n) is 9.44. The quantitative estimate of drug-likeness (QED) is 0.611. The third kappa shape index (κ3) is 4.61. The van der Waals surface area contributed by atoms with Crippen LogP contribution in [-0.4, -0.2) is 28.4 Å². The summed E-state index contributed by atoms with van der Waals surface area (Å²) in [6, 6.07) is 0. The lowest BCUT2D eigenvalue weighted by atomic mass is 10.2. The smallest absolute Gasteiger partial charge is 0.130 e. The fraction of sp³-hybridized carbons (Fsp3) is 0.0833. The molecule has 0 bridgehead atoms. The number of aromatic nitrogens is 2. The highest BCUT2D eigenvalue weighted by Gasteiger charge is 1.99. The third-order valence-corrected chi connectivity index (χ3v) is 1.99. The second-order valence-electron chi connectivity index (χ2n) is 3.16. The number of H-pyrrole nitrogens is 1. The van der Waals surface area contributed by atoms with E-state index in [9.17, 15) is 0 Å². The van der Waals surface area contributed by atoms with Crippen molar-refractivity contribution in [2.24, 2.45) is 4.99 Å². The zero-order chi connectivity index (χ0) is 12.7. The number of nitrogens with zero attached hydrogens (tertiary/aromatic N) is 2. The summed E-state index contributed by atoms with van der Waals surface area (Å²) in [5.41, 5.74) is 1.62. The fourth-order valence-corrected chi connectivity index (χ4v) is 1.13. The highest BCUT2D eigenvalue weighted by molar-refractivity contribution is 6.67. The number of rotatable bonds is 5. The monoisotopic (exact) mass is 248 g/mol. The summed E-state index contributed by atoms with van der Waals surface area (Å²) in [5.74, 6) is 0.629. The van der Waals surface area contributed by atoms with Crippen LogP contribution in [0.1, 0.15) is 11.5 Å². The summed E-state index contributed by atoms with van der Waals surface area (Å²) in [6.45, 7) is 3.89. The summed E-state index contributed by atoms with van der Waals surface area (Å²) in [4.78, 5) is 11.0. The van der Waals surface area contributed by atoms with Gasteiger partial charge in [-0.2, -0.15) is 0 Å². The minimum atomic E-state index is -0.0409. The van der Waals surface area contributed by atoms with Crippen molar-refractivity contribution < 1.29 is 0 Å². The standard InChI is InChI=1S/C12H13ClN4/c1-9(4-3-7-15-2)10-8-16-12(17-10)6-5-11(13)14/h3-8,14H,1H2,2H3,(H,16,17)/b4-3-,6-5-,14-11?,15-7?. The molecule has 1 aromatic heterocycles. The average molecular weight is 249 g/mol. The topological polar surface area (TPSA) is 64.9 Å². The number of aliphatic imine (C=N–C) groups is 1. The SMILES string of the molecule is C=C(/C=C\C=NC)c1cnc(/C=C\C(=N)Cl)[nH]1. The highest BCUT2D eigenvalue weighted by atomic mass is 35.5. The molecule has 4 nitrogen and oxygen atoms in total. The van der Waals surface area contributed by atoms with Crippen LogP contribution in [0.25, 0.3) is 11.6 Å². The Kier molecular flexibility index (Phi) is 5.10. The molecule has 1 rings (SSSR count). The van der Waals surface area contributed by atoms with Crippen LogP contribution in [0.2, 0.25) is 0 Å². The molecule has 5 heteroatoms. The van der Waals surface area contributed by atoms with Crippen LogP contribution < -0.4 is 0 Å². The first kappa shape index (κ1) is 13.1. The highest BCUT2D eigenvalue weighted by Crippen LogP contribution is 2.11. The maximum absolute atomic E-state index is 7.04. The largest absolute Gasteiger partial charge is 0.339 e. The summed E-state index contributed by atoms with van der Waals surface area (Å²) in [5, 5.41) is 7.00. The summed E-state index contributed by atoms with van der Waals surface area (Å²) < 4.78 is 0. The molecular weight excluding hydrogens is 236 g/mol. The van der Waals surface area contributed by atoms with Gasteiger partial charge in [-0.15, -0.1) is 0 Å². The molecule has 2 N–H and O–H groups in total. The van der Waals surface area contributed by atoms with Gasteiger partial charge >= 0.3 is 0 Å². The van der Waals surface area contributed by atoms with Crippen molar-refractivity contribution in [3.8, 4) is 0 Å². The molecule has 0 aliphatic heterocycles. The molecule has 0 radical (unpaired) electrons. The van der Waals surface area contributed by atoms with E-state index in [1.165, 1.54) is 6.08 Å². The molecule has 0 saturated heterocycles. The molecule has 1 aromatic rings. The predicted molar refractivity (Wildman–Crippen MR) is 73.8 cm³/mol. The summed E-state index contributed by atoms with van der Waals surface area (Å²) in [6.07, 6.45) is 10.1. The molecule has 0 saturated carbocycles. The van der Waals surface area contributed by atoms with Gasteiger partial charge in [0.15, 0.2) is 0 Å². The van der Waals surface area contributed by atoms with E-state index < -0.39 is 0 Å². The van der Waals surface area contributed by atoms with Gasteiger partial charge < -0.3 is 4.98 Å². The van der Waals surface area contributed by atoms with Crippen molar-refractivity contribution in [1.82, 2.24) is 9.97 Å². The van der Waals surface area contributed by atoms with Crippen LogP contribution in [0.5, 0.6) is 0 Å². The summed E-state index contributed by atoms with van der Waals surface area (Å²) >= 11 is 5.39. The maximum Gasteiger partial charge on any atom is 0.130 e. The third-order valence-electron chi connectivity index (χ3n) is 1.86. The fourth-order valence-electron chi connectivity index (χ4n) is 1.07. The first-order chi connectivity index (χ1) is 8.13. The minimum absolute atomic E-state index is 0.0409. The van der Waals surface area contributed by atoms with Crippen molar-refractivity contribution >= 4 is 34.6 Å². The number of imidazole rings is 1. The van der Waals surface area contributed by atoms with E-state index >= 15 is 0 Å². The number of aromatic amines is 1. The molecule has 0 fully saturated rings. The molecule has 88 valence electrons. The Balaban J connectivity index is 2.74. The lowest BCUT2D eigenvalue weighted by molar-refractivity contribution is 1.26. The maximum atomic E-state index is 7.04. The number of halogens is 1. The van der Waals surface area contributed by atoms with Gasteiger partial charge in [-0.25, -0.2) is 4.98 Å². The van der Waals surface area contributed by atoms with Crippen molar-refractivity contribution in [1.29, 1.82) is 5.41 Å². The van der Waals surface area contributed by atoms with Gasteiger partial charge in [0.1, 0.15) is 11.0 Å². The molecule has 0 unspecified atom stereocenters. The van der Waals surface area contributed by atoms with Gasteiger partial charge in [-0.05, 0) is 23.8 Å². The first-order valence-electron chi connectivity index (χ1n) is 4.88. The lowest BCUT2D eigenvalue weighted by Crippen LogP contribution is -1.81. The molecule has 0 spiro atoms. The van der Waals surface area contributed by atoms with Crippen LogP contribution >= 0.6 is 11.6 Å². The Morgan fingerprint density at radius 2 is 2.35 bits per heavy atom. The Hall–Kier alpha value is -1.94. The molecule has 0 aliphatic carbocycles. The van der Waals surface area contributed by atoms with Gasteiger partial charge in [0.25, 0.3) is 0 Å². The van der Waals surface area contributed by atoms with Gasteiger partial charge in [-0.1, -0.05) is 24.3 Å². The predicted octanol–water partition coefficient (Wildman–Crippen LogP) is 2.91. The van der Waals surface area contributed by atoms with Crippen LogP contribution in [0.15, 0.2) is 36.0 Å². The van der Waals surface area contributed by atoms with E-state index in [0.29, 0.717) is 5.82 Å². The molecular formula is C12H13ClN4. The van der Waals surface area contributed by atoms with Crippen molar-refractivity contribution in [2.75, 3.05) is 7.05 Å². The normalized spacial score (nSPS) is 11.9. The van der Waals surface area contributed by atoms with E-state index in [4.69, 9.17) is 17.0 Å².